The smallest absolute Gasteiger partial charge is 0.264 e. The lowest BCUT2D eigenvalue weighted by Crippen LogP contribution is -2.04. The highest BCUT2D eigenvalue weighted by Crippen LogP contribution is 2.11. The molecule has 0 aromatic heterocycles. The minimum Gasteiger partial charge on any atom is -0.366 e. The molecule has 4 N–H and O–H groups in total. The Morgan fingerprint density at radius 1 is 0.564 bits per heavy atom. The normalized spacial score (nSPS) is 9.11. The van der Waals surface area contributed by atoms with E-state index in [-0.39, 0.29) is 77.1 Å². The monoisotopic (exact) mass is 920 g/mol. The molecule has 0 rings (SSSR count). The molecule has 0 aliphatic heterocycles. The lowest BCUT2D eigenvalue weighted by molar-refractivity contribution is -0.113. The SMILES string of the molecule is C.C.C.C.C.C.C.C.CC(C)=C(C)C#CC=CC(N)=O.CC(C)=C(C)C=C/C(C)=C(/C)C(=O)Cl.COS(C)(=O)=O.COS(C)(=O)=O.COS(C)(=O)=O.Cl.NCl. The molecule has 0 saturated heterocycles. The first-order valence-corrected chi connectivity index (χ1v) is 18.6. The quantitative estimate of drug-likeness (QED) is 0.0609. The summed E-state index contributed by atoms with van der Waals surface area (Å²) in [6.07, 6.45) is 9.58. The lowest BCUT2D eigenvalue weighted by atomic mass is 10.1. The van der Waals surface area contributed by atoms with Crippen molar-refractivity contribution in [3.05, 3.63) is 57.7 Å². The van der Waals surface area contributed by atoms with Crippen LogP contribution in [-0.4, -0.2) is 76.5 Å². The fourth-order valence-electron chi connectivity index (χ4n) is 1.10. The molecule has 13 nitrogen and oxygen atoms in total. The Bertz CT molecular complexity index is 1390. The average Bonchev–Trinajstić information content (AvgIpc) is 2.94. The van der Waals surface area contributed by atoms with Gasteiger partial charge in [-0.3, -0.25) is 22.1 Å². The van der Waals surface area contributed by atoms with Gasteiger partial charge in [0.1, 0.15) is 0 Å². The summed E-state index contributed by atoms with van der Waals surface area (Å²) in [5.41, 5.74) is 11.0. The van der Waals surface area contributed by atoms with E-state index in [4.69, 9.17) is 17.3 Å². The molecule has 0 atom stereocenters. The van der Waals surface area contributed by atoms with Crippen LogP contribution < -0.4 is 11.0 Å². The van der Waals surface area contributed by atoms with Gasteiger partial charge in [-0.05, 0) is 96.0 Å². The number of carbonyl (C=O) groups is 2. The topological polar surface area (TPSA) is 216 Å². The number of nitrogens with two attached hydrogens (primary N) is 2. The molecular weight excluding hydrogens is 839 g/mol. The fourth-order valence-corrected chi connectivity index (χ4v) is 1.24. The zero-order chi connectivity index (χ0) is 38.5. The average molecular weight is 923 g/mol. The molecule has 1 amide bonds. The first-order valence-electron chi connectivity index (χ1n) is 12.4. The van der Waals surface area contributed by atoms with E-state index >= 15 is 0 Å². The molecule has 0 bridgehead atoms. The van der Waals surface area contributed by atoms with Gasteiger partial charge in [0, 0.05) is 11.6 Å². The number of halogens is 3. The molecule has 0 aromatic carbocycles. The molecular formula is C36H83Cl3N2O11S3. The zero-order valence-corrected chi connectivity index (χ0v) is 34.1. The molecule has 0 spiro atoms. The van der Waals surface area contributed by atoms with E-state index in [9.17, 15) is 34.8 Å². The van der Waals surface area contributed by atoms with E-state index in [0.29, 0.717) is 5.57 Å². The standard InChI is InChI=1S/C12H17ClO.C10H13NO.3C2H6O3S.8CH4.ClH2N.ClH/c1-8(2)9(3)6-7-10(4)11(5)12(13)14;1-8(2)9(3)6-4-5-7-10(11)12;3*1-5-6(2,3)4;;;;;;;;;1-2;/h6-7H,1-5H3;5,7H,1-3H3,(H2,11,12);3*1-2H3;8*1H4;2H2;1H/b7-6?,11-10-;;;;;;;;;;;;;;. The van der Waals surface area contributed by atoms with Crippen molar-refractivity contribution in [1.29, 1.82) is 0 Å². The predicted molar refractivity (Wildman–Crippen MR) is 249 cm³/mol. The molecule has 0 aliphatic carbocycles. The molecule has 342 valence electrons. The predicted octanol–water partition coefficient (Wildman–Crippen LogP) is 9.78. The summed E-state index contributed by atoms with van der Waals surface area (Å²) in [7, 11) is -6.12. The third-order valence-corrected chi connectivity index (χ3v) is 6.61. The maximum absolute atomic E-state index is 10.8. The Morgan fingerprint density at radius 2 is 0.818 bits per heavy atom. The van der Waals surface area contributed by atoms with Crippen molar-refractivity contribution >= 4 is 77.3 Å². The van der Waals surface area contributed by atoms with Crippen LogP contribution in [-0.2, 0) is 52.5 Å². The first-order chi connectivity index (χ1) is 20.6. The molecule has 0 aliphatic rings. The van der Waals surface area contributed by atoms with Crippen LogP contribution in [0.1, 0.15) is 115 Å². The van der Waals surface area contributed by atoms with E-state index in [2.05, 4.69) is 55.3 Å². The van der Waals surface area contributed by atoms with Gasteiger partial charge in [0.15, 0.2) is 0 Å². The summed E-state index contributed by atoms with van der Waals surface area (Å²) in [5.74, 6) is 5.11. The number of hydrogen-bond donors (Lipinski definition) is 2. The molecule has 0 saturated carbocycles. The number of amides is 1. The second kappa shape index (κ2) is 56.3. The van der Waals surface area contributed by atoms with Crippen LogP contribution in [0, 0.1) is 11.8 Å². The van der Waals surface area contributed by atoms with Gasteiger partial charge in [-0.15, -0.1) is 12.4 Å². The highest BCUT2D eigenvalue weighted by molar-refractivity contribution is 7.86. The van der Waals surface area contributed by atoms with E-state index in [1.807, 2.05) is 46.8 Å². The Hall–Kier alpha value is -2.04. The third kappa shape index (κ3) is 106. The maximum Gasteiger partial charge on any atom is 0.264 e. The summed E-state index contributed by atoms with van der Waals surface area (Å²) in [6.45, 7) is 15.7. The van der Waals surface area contributed by atoms with Crippen LogP contribution >= 0.6 is 35.8 Å². The number of rotatable bonds is 7. The fraction of sp³-hybridized carbons (Fsp3) is 0.611. The molecule has 0 radical (unpaired) electrons. The van der Waals surface area contributed by atoms with Gasteiger partial charge in [-0.1, -0.05) is 100 Å². The number of primary amides is 1. The Balaban J connectivity index is -0.0000000276. The van der Waals surface area contributed by atoms with Gasteiger partial charge in [-0.25, -0.2) is 5.25 Å². The van der Waals surface area contributed by atoms with Crippen molar-refractivity contribution in [2.75, 3.05) is 40.1 Å². The third-order valence-electron chi connectivity index (χ3n) is 4.51. The molecule has 19 heteroatoms. The lowest BCUT2D eigenvalue weighted by Gasteiger charge is -1.98. The highest BCUT2D eigenvalue weighted by Gasteiger charge is 2.01. The minimum absolute atomic E-state index is 0. The van der Waals surface area contributed by atoms with Crippen LogP contribution in [0.4, 0.5) is 0 Å². The molecule has 0 fully saturated rings. The Morgan fingerprint density at radius 3 is 1.00 bits per heavy atom. The van der Waals surface area contributed by atoms with Crippen molar-refractivity contribution < 1.29 is 47.4 Å². The largest absolute Gasteiger partial charge is 0.366 e. The second-order valence-electron chi connectivity index (χ2n) is 8.84. The van der Waals surface area contributed by atoms with Gasteiger partial charge in [-0.2, -0.15) is 25.3 Å². The van der Waals surface area contributed by atoms with E-state index in [1.165, 1.54) is 28.9 Å². The van der Waals surface area contributed by atoms with Crippen molar-refractivity contribution in [1.82, 2.24) is 0 Å². The number of hydrogen-bond acceptors (Lipinski definition) is 12. The summed E-state index contributed by atoms with van der Waals surface area (Å²) in [4.78, 5) is 21.1. The van der Waals surface area contributed by atoms with Gasteiger partial charge in [0.05, 0.1) is 40.1 Å². The molecule has 0 heterocycles. The zero-order valence-electron chi connectivity index (χ0n) is 29.3. The molecule has 0 unspecified atom stereocenters. The highest BCUT2D eigenvalue weighted by atomic mass is 35.5. The number of allylic oxidation sites excluding steroid dienone is 9. The van der Waals surface area contributed by atoms with Crippen molar-refractivity contribution in [2.45, 2.75) is 115 Å². The van der Waals surface area contributed by atoms with Crippen LogP contribution in [0.15, 0.2) is 57.7 Å². The molecule has 55 heavy (non-hydrogen) atoms. The van der Waals surface area contributed by atoms with E-state index in [1.54, 1.807) is 6.92 Å². The van der Waals surface area contributed by atoms with Gasteiger partial charge < -0.3 is 5.73 Å². The maximum atomic E-state index is 10.8. The van der Waals surface area contributed by atoms with Crippen molar-refractivity contribution in [2.24, 2.45) is 11.0 Å². The second-order valence-corrected chi connectivity index (χ2v) is 14.4. The molecule has 0 aromatic rings. The van der Waals surface area contributed by atoms with Crippen LogP contribution in [0.2, 0.25) is 0 Å². The van der Waals surface area contributed by atoms with Gasteiger partial charge >= 0.3 is 0 Å². The summed E-state index contributed by atoms with van der Waals surface area (Å²) in [5, 5.41) is 3.59. The minimum atomic E-state index is -3.16. The van der Waals surface area contributed by atoms with E-state index in [0.717, 1.165) is 51.2 Å². The Labute approximate surface area is 358 Å². The number of carbonyl (C=O) groups excluding carboxylic acids is 2. The van der Waals surface area contributed by atoms with Crippen LogP contribution in [0.5, 0.6) is 0 Å². The van der Waals surface area contributed by atoms with Crippen LogP contribution in [0.3, 0.4) is 0 Å². The Kier molecular flexibility index (Phi) is 102. The van der Waals surface area contributed by atoms with Crippen molar-refractivity contribution in [3.63, 3.8) is 0 Å². The summed E-state index contributed by atoms with van der Waals surface area (Å²) < 4.78 is 70.4. The van der Waals surface area contributed by atoms with Gasteiger partial charge in [0.25, 0.3) is 30.4 Å². The van der Waals surface area contributed by atoms with E-state index < -0.39 is 36.3 Å². The summed E-state index contributed by atoms with van der Waals surface area (Å²) in [6, 6.07) is 0. The van der Waals surface area contributed by atoms with Crippen LogP contribution in [0.25, 0.3) is 0 Å². The summed E-state index contributed by atoms with van der Waals surface area (Å²) >= 11 is 9.50. The first kappa shape index (κ1) is 99.2. The van der Waals surface area contributed by atoms with Gasteiger partial charge in [0.2, 0.25) is 11.1 Å². The van der Waals surface area contributed by atoms with Crippen molar-refractivity contribution in [3.8, 4) is 11.8 Å².